The van der Waals surface area contributed by atoms with E-state index >= 15 is 0 Å². The Morgan fingerprint density at radius 2 is 0.539 bits per heavy atom. The fourth-order valence-corrected chi connectivity index (χ4v) is 12.0. The number of phosphoric acid groups is 2. The molecule has 0 bridgehead atoms. The molecule has 19 heteroatoms. The van der Waals surface area contributed by atoms with Crippen LogP contribution in [0.1, 0.15) is 344 Å². The highest BCUT2D eigenvalue weighted by molar-refractivity contribution is 7.47. The fourth-order valence-electron chi connectivity index (χ4n) is 10.5. The molecule has 6 atom stereocenters. The van der Waals surface area contributed by atoms with Crippen LogP contribution in [0, 0.1) is 23.7 Å². The molecule has 0 aromatic carbocycles. The van der Waals surface area contributed by atoms with Crippen molar-refractivity contribution in [2.75, 3.05) is 39.6 Å². The van der Waals surface area contributed by atoms with E-state index in [4.69, 9.17) is 37.0 Å². The molecular formula is C70H136O17P2. The second-order valence-electron chi connectivity index (χ2n) is 26.9. The Balaban J connectivity index is 5.27. The first-order valence-electron chi connectivity index (χ1n) is 36.2. The van der Waals surface area contributed by atoms with Gasteiger partial charge in [-0.05, 0) is 49.4 Å². The zero-order chi connectivity index (χ0) is 66.1. The average Bonchev–Trinajstić information content (AvgIpc) is 3.54. The van der Waals surface area contributed by atoms with Crippen molar-refractivity contribution in [1.29, 1.82) is 0 Å². The first-order chi connectivity index (χ1) is 42.6. The topological polar surface area (TPSA) is 237 Å². The van der Waals surface area contributed by atoms with Gasteiger partial charge in [0.05, 0.1) is 26.4 Å². The maximum Gasteiger partial charge on any atom is 0.472 e. The molecule has 0 amide bonds. The van der Waals surface area contributed by atoms with Crippen molar-refractivity contribution >= 4 is 39.5 Å². The van der Waals surface area contributed by atoms with Gasteiger partial charge in [-0.2, -0.15) is 0 Å². The summed E-state index contributed by atoms with van der Waals surface area (Å²) in [6, 6.07) is 0. The molecule has 89 heavy (non-hydrogen) atoms. The van der Waals surface area contributed by atoms with E-state index in [0.717, 1.165) is 114 Å². The summed E-state index contributed by atoms with van der Waals surface area (Å²) in [5, 5.41) is 10.6. The lowest BCUT2D eigenvalue weighted by molar-refractivity contribution is -0.161. The van der Waals surface area contributed by atoms with Crippen LogP contribution < -0.4 is 0 Å². The summed E-state index contributed by atoms with van der Waals surface area (Å²) in [5.41, 5.74) is 0. The van der Waals surface area contributed by atoms with Crippen molar-refractivity contribution in [1.82, 2.24) is 0 Å². The lowest BCUT2D eigenvalue weighted by Crippen LogP contribution is -2.30. The largest absolute Gasteiger partial charge is 0.472 e. The molecule has 0 aliphatic rings. The fraction of sp³-hybridized carbons (Fsp3) is 0.943. The summed E-state index contributed by atoms with van der Waals surface area (Å²) >= 11 is 0. The molecule has 0 aliphatic carbocycles. The van der Waals surface area contributed by atoms with Crippen LogP contribution in [-0.2, 0) is 65.4 Å². The highest BCUT2D eigenvalue weighted by Gasteiger charge is 2.30. The lowest BCUT2D eigenvalue weighted by Gasteiger charge is -2.21. The van der Waals surface area contributed by atoms with Crippen LogP contribution >= 0.6 is 15.6 Å². The summed E-state index contributed by atoms with van der Waals surface area (Å²) < 4.78 is 68.3. The smallest absolute Gasteiger partial charge is 0.462 e. The Labute approximate surface area is 543 Å². The number of hydrogen-bond donors (Lipinski definition) is 3. The van der Waals surface area contributed by atoms with Gasteiger partial charge in [-0.3, -0.25) is 37.3 Å². The highest BCUT2D eigenvalue weighted by Crippen LogP contribution is 2.45. The zero-order valence-corrected chi connectivity index (χ0v) is 59.8. The molecule has 0 fully saturated rings. The monoisotopic (exact) mass is 1310 g/mol. The van der Waals surface area contributed by atoms with Crippen molar-refractivity contribution < 1.29 is 80.2 Å². The molecule has 0 rings (SSSR count). The number of rotatable bonds is 67. The summed E-state index contributed by atoms with van der Waals surface area (Å²) in [6.07, 6.45) is 41.7. The van der Waals surface area contributed by atoms with Crippen LogP contribution in [0.3, 0.4) is 0 Å². The lowest BCUT2D eigenvalue weighted by atomic mass is 9.99. The first kappa shape index (κ1) is 87.1. The molecule has 0 radical (unpaired) electrons. The normalized spacial score (nSPS) is 14.6. The number of aliphatic hydroxyl groups excluding tert-OH is 1. The van der Waals surface area contributed by atoms with Gasteiger partial charge in [0.2, 0.25) is 0 Å². The molecule has 0 saturated carbocycles. The van der Waals surface area contributed by atoms with Gasteiger partial charge in [0.1, 0.15) is 19.3 Å². The number of unbranched alkanes of at least 4 members (excludes halogenated alkanes) is 32. The van der Waals surface area contributed by atoms with Gasteiger partial charge in [-0.1, -0.05) is 293 Å². The van der Waals surface area contributed by atoms with E-state index in [-0.39, 0.29) is 25.7 Å². The quantitative estimate of drug-likeness (QED) is 0.0222. The second kappa shape index (κ2) is 59.8. The molecule has 4 unspecified atom stereocenters. The van der Waals surface area contributed by atoms with Crippen LogP contribution in [0.15, 0.2) is 0 Å². The first-order valence-corrected chi connectivity index (χ1v) is 39.2. The third-order valence-electron chi connectivity index (χ3n) is 16.4. The predicted molar refractivity (Wildman–Crippen MR) is 358 cm³/mol. The van der Waals surface area contributed by atoms with Gasteiger partial charge in [0.25, 0.3) is 0 Å². The van der Waals surface area contributed by atoms with E-state index in [9.17, 15) is 43.2 Å². The molecule has 528 valence electrons. The number of ether oxygens (including phenoxy) is 4. The maximum atomic E-state index is 13.0. The molecule has 3 N–H and O–H groups in total. The van der Waals surface area contributed by atoms with Gasteiger partial charge >= 0.3 is 39.5 Å². The third kappa shape index (κ3) is 63.2. The van der Waals surface area contributed by atoms with Gasteiger partial charge in [-0.15, -0.1) is 0 Å². The predicted octanol–water partition coefficient (Wildman–Crippen LogP) is 19.7. The van der Waals surface area contributed by atoms with Crippen LogP contribution in [0.2, 0.25) is 0 Å². The summed E-state index contributed by atoms with van der Waals surface area (Å²) in [4.78, 5) is 72.5. The minimum atomic E-state index is -4.95. The molecule has 0 aliphatic heterocycles. The zero-order valence-electron chi connectivity index (χ0n) is 58.1. The molecular weight excluding hydrogens is 1170 g/mol. The number of carbonyl (C=O) groups is 4. The summed E-state index contributed by atoms with van der Waals surface area (Å²) in [7, 11) is -9.90. The third-order valence-corrected chi connectivity index (χ3v) is 18.3. The van der Waals surface area contributed by atoms with E-state index in [1.54, 1.807) is 0 Å². The van der Waals surface area contributed by atoms with E-state index in [2.05, 4.69) is 55.4 Å². The van der Waals surface area contributed by atoms with Crippen molar-refractivity contribution in [2.45, 2.75) is 363 Å². The van der Waals surface area contributed by atoms with Crippen molar-refractivity contribution in [3.05, 3.63) is 0 Å². The average molecular weight is 1310 g/mol. The van der Waals surface area contributed by atoms with Gasteiger partial charge in [0, 0.05) is 25.7 Å². The summed E-state index contributed by atoms with van der Waals surface area (Å²) in [5.74, 6) is 0.873. The van der Waals surface area contributed by atoms with Gasteiger partial charge in [-0.25, -0.2) is 9.13 Å². The van der Waals surface area contributed by atoms with Crippen LogP contribution in [-0.4, -0.2) is 96.7 Å². The van der Waals surface area contributed by atoms with Crippen molar-refractivity contribution in [2.24, 2.45) is 23.7 Å². The SMILES string of the molecule is CCC(C)CCCCCCCCCCCCC(=O)O[C@H](COC(=O)CCCCCCCCCCCCC(C)C)COP(=O)(O)OCC(O)COP(=O)(O)OC[C@@H](COC(=O)CCCCCCCCCC(C)C)OC(=O)CCCCCCCCCCCC(C)C. The van der Waals surface area contributed by atoms with Crippen LogP contribution in [0.5, 0.6) is 0 Å². The number of phosphoric ester groups is 2. The minimum absolute atomic E-state index is 0.104. The number of hydrogen-bond acceptors (Lipinski definition) is 15. The van der Waals surface area contributed by atoms with E-state index < -0.39 is 97.5 Å². The number of esters is 4. The van der Waals surface area contributed by atoms with Crippen LogP contribution in [0.25, 0.3) is 0 Å². The number of carbonyl (C=O) groups excluding carboxylic acids is 4. The number of aliphatic hydroxyl groups is 1. The maximum absolute atomic E-state index is 13.0. The van der Waals surface area contributed by atoms with E-state index in [1.807, 2.05) is 0 Å². The minimum Gasteiger partial charge on any atom is -0.462 e. The Hall–Kier alpha value is -1.94. The molecule has 0 aromatic rings. The van der Waals surface area contributed by atoms with Crippen LogP contribution in [0.4, 0.5) is 0 Å². The Bertz CT molecular complexity index is 1770. The standard InChI is InChI=1S/C70H136O17P2/c1-9-63(8)49-41-33-25-17-11-13-19-27-36-44-52-69(74)86-65(56-80-67(72)50-42-34-26-18-12-10-15-22-30-38-46-60(2)3)58-84-88(76,77)82-54-64(71)55-83-89(78,79)85-59-66(57-81-68(73)51-43-35-29-21-24-32-40-48-62(6)7)87-70(75)53-45-37-28-20-14-16-23-31-39-47-61(4)5/h60-66,71H,9-59H2,1-8H3,(H,76,77)(H,78,79)/t63?,64?,65-,66-/m1/s1. The highest BCUT2D eigenvalue weighted by atomic mass is 31.2. The van der Waals surface area contributed by atoms with Gasteiger partial charge < -0.3 is 33.8 Å². The molecule has 0 spiro atoms. The van der Waals surface area contributed by atoms with Crippen molar-refractivity contribution in [3.8, 4) is 0 Å². The Morgan fingerprint density at radius 3 is 0.798 bits per heavy atom. The molecule has 17 nitrogen and oxygen atoms in total. The summed E-state index contributed by atoms with van der Waals surface area (Å²) in [6.45, 7) is 14.1. The Kier molecular flexibility index (Phi) is 58.5. The molecule has 0 heterocycles. The van der Waals surface area contributed by atoms with E-state index in [0.29, 0.717) is 31.6 Å². The van der Waals surface area contributed by atoms with Gasteiger partial charge in [0.15, 0.2) is 12.2 Å². The second-order valence-corrected chi connectivity index (χ2v) is 29.8. The molecule has 0 saturated heterocycles. The van der Waals surface area contributed by atoms with Crippen molar-refractivity contribution in [3.63, 3.8) is 0 Å². The Morgan fingerprint density at radius 1 is 0.315 bits per heavy atom. The van der Waals surface area contributed by atoms with E-state index in [1.165, 1.54) is 141 Å². The molecule has 0 aromatic heterocycles.